The van der Waals surface area contributed by atoms with Crippen molar-refractivity contribution in [3.63, 3.8) is 0 Å². The lowest BCUT2D eigenvalue weighted by atomic mass is 9.75. The normalized spacial score (nSPS) is 15.2. The molecule has 3 heteroatoms. The highest BCUT2D eigenvalue weighted by Gasteiger charge is 2.28. The fourth-order valence-electron chi connectivity index (χ4n) is 1.56. The fraction of sp³-hybridized carbons (Fsp3) is 0.538. The average Bonchev–Trinajstić information content (AvgIpc) is 2.23. The molecule has 1 aromatic rings. The molecule has 1 rings (SSSR count). The SMILES string of the molecule is CC(C)C(C)(CO)Cc1ccc(F)c(F)c1. The summed E-state index contributed by atoms with van der Waals surface area (Å²) < 4.78 is 25.8. The van der Waals surface area contributed by atoms with Gasteiger partial charge in [-0.15, -0.1) is 0 Å². The summed E-state index contributed by atoms with van der Waals surface area (Å²) in [5.41, 5.74) is 0.411. The summed E-state index contributed by atoms with van der Waals surface area (Å²) in [6.07, 6.45) is 0.540. The third-order valence-electron chi connectivity index (χ3n) is 3.35. The lowest BCUT2D eigenvalue weighted by Crippen LogP contribution is -2.30. The molecule has 1 N–H and O–H groups in total. The van der Waals surface area contributed by atoms with E-state index in [-0.39, 0.29) is 17.9 Å². The largest absolute Gasteiger partial charge is 0.396 e. The van der Waals surface area contributed by atoms with Crippen molar-refractivity contribution in [3.05, 3.63) is 35.4 Å². The molecule has 0 radical (unpaired) electrons. The Labute approximate surface area is 95.1 Å². The molecular formula is C13H18F2O. The van der Waals surface area contributed by atoms with Gasteiger partial charge >= 0.3 is 0 Å². The Bertz CT molecular complexity index is 363. The minimum Gasteiger partial charge on any atom is -0.396 e. The van der Waals surface area contributed by atoms with E-state index < -0.39 is 11.6 Å². The van der Waals surface area contributed by atoms with Crippen molar-refractivity contribution in [2.24, 2.45) is 11.3 Å². The quantitative estimate of drug-likeness (QED) is 0.839. The zero-order chi connectivity index (χ0) is 12.3. The van der Waals surface area contributed by atoms with Crippen LogP contribution in [0.4, 0.5) is 8.78 Å². The van der Waals surface area contributed by atoms with Crippen molar-refractivity contribution in [3.8, 4) is 0 Å². The van der Waals surface area contributed by atoms with E-state index in [1.54, 1.807) is 6.07 Å². The van der Waals surface area contributed by atoms with E-state index in [4.69, 9.17) is 0 Å². The average molecular weight is 228 g/mol. The summed E-state index contributed by atoms with van der Waals surface area (Å²) >= 11 is 0. The summed E-state index contributed by atoms with van der Waals surface area (Å²) in [5.74, 6) is -1.40. The first-order valence-electron chi connectivity index (χ1n) is 5.44. The van der Waals surface area contributed by atoms with E-state index in [9.17, 15) is 13.9 Å². The Balaban J connectivity index is 2.90. The van der Waals surface area contributed by atoms with Crippen LogP contribution in [0, 0.1) is 23.0 Å². The molecule has 0 saturated carbocycles. The molecule has 0 bridgehead atoms. The minimum absolute atomic E-state index is 0.0314. The lowest BCUT2D eigenvalue weighted by molar-refractivity contribution is 0.0946. The third kappa shape index (κ3) is 2.79. The van der Waals surface area contributed by atoms with E-state index in [0.29, 0.717) is 12.0 Å². The molecule has 0 spiro atoms. The summed E-state index contributed by atoms with van der Waals surface area (Å²) in [6.45, 7) is 5.99. The van der Waals surface area contributed by atoms with Gasteiger partial charge in [-0.3, -0.25) is 0 Å². The van der Waals surface area contributed by atoms with Crippen LogP contribution in [0.15, 0.2) is 18.2 Å². The van der Waals surface area contributed by atoms with Crippen LogP contribution >= 0.6 is 0 Å². The van der Waals surface area contributed by atoms with Crippen molar-refractivity contribution < 1.29 is 13.9 Å². The standard InChI is InChI=1S/C13H18F2O/c1-9(2)13(3,8-16)7-10-4-5-11(14)12(15)6-10/h4-6,9,16H,7-8H2,1-3H3. The van der Waals surface area contributed by atoms with Crippen molar-refractivity contribution in [2.75, 3.05) is 6.61 Å². The van der Waals surface area contributed by atoms with Gasteiger partial charge in [0, 0.05) is 6.61 Å². The Morgan fingerprint density at radius 2 is 1.88 bits per heavy atom. The topological polar surface area (TPSA) is 20.2 Å². The molecule has 0 aliphatic heterocycles. The molecule has 0 aliphatic rings. The first kappa shape index (κ1) is 13.1. The molecule has 0 heterocycles. The monoisotopic (exact) mass is 228 g/mol. The number of aliphatic hydroxyl groups is 1. The van der Waals surface area contributed by atoms with Gasteiger partial charge in [-0.1, -0.05) is 26.8 Å². The van der Waals surface area contributed by atoms with Gasteiger partial charge < -0.3 is 5.11 Å². The smallest absolute Gasteiger partial charge is 0.159 e. The maximum atomic E-state index is 13.0. The van der Waals surface area contributed by atoms with Gasteiger partial charge in [-0.05, 0) is 35.4 Å². The van der Waals surface area contributed by atoms with E-state index in [1.165, 1.54) is 6.07 Å². The van der Waals surface area contributed by atoms with Crippen LogP contribution in [0.1, 0.15) is 26.3 Å². The minimum atomic E-state index is -0.834. The summed E-state index contributed by atoms with van der Waals surface area (Å²) in [5, 5.41) is 9.37. The molecule has 1 aromatic carbocycles. The number of rotatable bonds is 4. The second kappa shape index (κ2) is 4.91. The van der Waals surface area contributed by atoms with Crippen LogP contribution < -0.4 is 0 Å². The van der Waals surface area contributed by atoms with Gasteiger partial charge in [-0.2, -0.15) is 0 Å². The number of benzene rings is 1. The zero-order valence-corrected chi connectivity index (χ0v) is 9.93. The molecule has 0 amide bonds. The fourth-order valence-corrected chi connectivity index (χ4v) is 1.56. The molecular weight excluding hydrogens is 210 g/mol. The highest BCUT2D eigenvalue weighted by molar-refractivity contribution is 5.19. The van der Waals surface area contributed by atoms with E-state index in [2.05, 4.69) is 0 Å². The first-order valence-corrected chi connectivity index (χ1v) is 5.44. The van der Waals surface area contributed by atoms with Gasteiger partial charge in [0.15, 0.2) is 11.6 Å². The number of aliphatic hydroxyl groups excluding tert-OH is 1. The second-order valence-corrected chi connectivity index (χ2v) is 4.89. The summed E-state index contributed by atoms with van der Waals surface area (Å²) in [4.78, 5) is 0. The van der Waals surface area contributed by atoms with Crippen molar-refractivity contribution >= 4 is 0 Å². The Morgan fingerprint density at radius 3 is 2.31 bits per heavy atom. The lowest BCUT2D eigenvalue weighted by Gasteiger charge is -2.31. The second-order valence-electron chi connectivity index (χ2n) is 4.89. The molecule has 16 heavy (non-hydrogen) atoms. The summed E-state index contributed by atoms with van der Waals surface area (Å²) in [7, 11) is 0. The molecule has 1 unspecified atom stereocenters. The summed E-state index contributed by atoms with van der Waals surface area (Å²) in [6, 6.07) is 3.89. The van der Waals surface area contributed by atoms with Crippen molar-refractivity contribution in [2.45, 2.75) is 27.2 Å². The van der Waals surface area contributed by atoms with Crippen LogP contribution in [0.2, 0.25) is 0 Å². The number of hydrogen-bond acceptors (Lipinski definition) is 1. The maximum absolute atomic E-state index is 13.0. The zero-order valence-electron chi connectivity index (χ0n) is 9.93. The molecule has 0 aliphatic carbocycles. The first-order chi connectivity index (χ1) is 7.39. The van der Waals surface area contributed by atoms with Gasteiger partial charge in [0.05, 0.1) is 0 Å². The van der Waals surface area contributed by atoms with E-state index in [0.717, 1.165) is 6.07 Å². The highest BCUT2D eigenvalue weighted by atomic mass is 19.2. The van der Waals surface area contributed by atoms with Crippen molar-refractivity contribution in [1.29, 1.82) is 0 Å². The van der Waals surface area contributed by atoms with Gasteiger partial charge in [0.1, 0.15) is 0 Å². The predicted octanol–water partition coefficient (Wildman–Crippen LogP) is 3.16. The third-order valence-corrected chi connectivity index (χ3v) is 3.35. The van der Waals surface area contributed by atoms with E-state index in [1.807, 2.05) is 20.8 Å². The molecule has 90 valence electrons. The Hall–Kier alpha value is -0.960. The molecule has 1 atom stereocenters. The number of hydrogen-bond donors (Lipinski definition) is 1. The van der Waals surface area contributed by atoms with Crippen LogP contribution in [0.3, 0.4) is 0 Å². The van der Waals surface area contributed by atoms with E-state index >= 15 is 0 Å². The van der Waals surface area contributed by atoms with Crippen LogP contribution in [0.25, 0.3) is 0 Å². The Morgan fingerprint density at radius 1 is 1.25 bits per heavy atom. The Kier molecular flexibility index (Phi) is 4.03. The maximum Gasteiger partial charge on any atom is 0.159 e. The van der Waals surface area contributed by atoms with Gasteiger partial charge in [0.25, 0.3) is 0 Å². The van der Waals surface area contributed by atoms with Gasteiger partial charge in [0.2, 0.25) is 0 Å². The van der Waals surface area contributed by atoms with Crippen LogP contribution in [-0.4, -0.2) is 11.7 Å². The predicted molar refractivity (Wildman–Crippen MR) is 60.1 cm³/mol. The molecule has 0 saturated heterocycles. The molecule has 1 nitrogen and oxygen atoms in total. The molecule has 0 aromatic heterocycles. The molecule has 0 fully saturated rings. The highest BCUT2D eigenvalue weighted by Crippen LogP contribution is 2.31. The van der Waals surface area contributed by atoms with Crippen LogP contribution in [0.5, 0.6) is 0 Å². The number of halogens is 2. The van der Waals surface area contributed by atoms with Gasteiger partial charge in [-0.25, -0.2) is 8.78 Å². The van der Waals surface area contributed by atoms with Crippen molar-refractivity contribution in [1.82, 2.24) is 0 Å². The van der Waals surface area contributed by atoms with Crippen LogP contribution in [-0.2, 0) is 6.42 Å².